The normalized spacial score (nSPS) is 10.7. The van der Waals surface area contributed by atoms with Gasteiger partial charge in [0.15, 0.2) is 4.77 Å². The van der Waals surface area contributed by atoms with E-state index in [2.05, 4.69) is 16.9 Å². The van der Waals surface area contributed by atoms with Crippen LogP contribution in [0.1, 0.15) is 37.1 Å². The van der Waals surface area contributed by atoms with Crippen LogP contribution in [-0.4, -0.2) is 16.6 Å². The Hall–Kier alpha value is -1.59. The van der Waals surface area contributed by atoms with Crippen molar-refractivity contribution in [1.29, 1.82) is 0 Å². The summed E-state index contributed by atoms with van der Waals surface area (Å²) in [5.41, 5.74) is 2.41. The lowest BCUT2D eigenvalue weighted by Crippen LogP contribution is -2.18. The van der Waals surface area contributed by atoms with Gasteiger partial charge in [0.2, 0.25) is 0 Å². The number of hydrogen-bond acceptors (Lipinski definition) is 3. The number of halogens is 1. The highest BCUT2D eigenvalue weighted by Crippen LogP contribution is 2.26. The fourth-order valence-electron chi connectivity index (χ4n) is 2.34. The van der Waals surface area contributed by atoms with Gasteiger partial charge in [0.25, 0.3) is 5.56 Å². The van der Waals surface area contributed by atoms with Crippen molar-refractivity contribution in [3.05, 3.63) is 55.2 Å². The van der Waals surface area contributed by atoms with Crippen molar-refractivity contribution in [2.45, 2.75) is 33.1 Å². The van der Waals surface area contributed by atoms with Crippen molar-refractivity contribution in [3.8, 4) is 5.75 Å². The summed E-state index contributed by atoms with van der Waals surface area (Å²) in [4.78, 5) is 17.9. The molecule has 0 radical (unpaired) electrons. The zero-order valence-electron chi connectivity index (χ0n) is 12.7. The number of hydrogen-bond donors (Lipinski definition) is 2. The largest absolute Gasteiger partial charge is 0.492 e. The van der Waals surface area contributed by atoms with E-state index in [9.17, 15) is 4.79 Å². The summed E-state index contributed by atoms with van der Waals surface area (Å²) in [6.07, 6.45) is 2.22. The molecule has 22 heavy (non-hydrogen) atoms. The van der Waals surface area contributed by atoms with Gasteiger partial charge >= 0.3 is 0 Å². The maximum Gasteiger partial charge on any atom is 0.255 e. The van der Waals surface area contributed by atoms with Crippen LogP contribution >= 0.6 is 23.8 Å². The molecule has 0 aliphatic carbocycles. The van der Waals surface area contributed by atoms with E-state index in [1.807, 2.05) is 25.1 Å². The average molecular weight is 339 g/mol. The molecule has 6 heteroatoms. The first-order valence-corrected chi connectivity index (χ1v) is 8.09. The lowest BCUT2D eigenvalue weighted by molar-refractivity contribution is 0.340. The molecule has 0 aliphatic heterocycles. The highest BCUT2D eigenvalue weighted by molar-refractivity contribution is 7.71. The van der Waals surface area contributed by atoms with Crippen LogP contribution in [0.25, 0.3) is 0 Å². The van der Waals surface area contributed by atoms with Gasteiger partial charge in [-0.05, 0) is 43.3 Å². The highest BCUT2D eigenvalue weighted by atomic mass is 35.5. The second kappa shape index (κ2) is 7.61. The van der Waals surface area contributed by atoms with E-state index in [-0.39, 0.29) is 5.56 Å². The molecule has 1 aromatic heterocycles. The molecule has 2 N–H and O–H groups in total. The molecule has 0 aliphatic rings. The number of aryl methyl sites for hydroxylation is 1. The van der Waals surface area contributed by atoms with Crippen LogP contribution in [-0.2, 0) is 12.8 Å². The molecule has 0 amide bonds. The van der Waals surface area contributed by atoms with Gasteiger partial charge in [-0.1, -0.05) is 31.0 Å². The van der Waals surface area contributed by atoms with E-state index < -0.39 is 0 Å². The minimum Gasteiger partial charge on any atom is -0.492 e. The predicted octanol–water partition coefficient (Wildman–Crippen LogP) is 4.03. The van der Waals surface area contributed by atoms with Gasteiger partial charge in [-0.25, -0.2) is 0 Å². The van der Waals surface area contributed by atoms with Gasteiger partial charge < -0.3 is 9.72 Å². The number of aromatic amines is 2. The van der Waals surface area contributed by atoms with Gasteiger partial charge in [0.1, 0.15) is 5.75 Å². The quantitative estimate of drug-likeness (QED) is 0.782. The smallest absolute Gasteiger partial charge is 0.255 e. The summed E-state index contributed by atoms with van der Waals surface area (Å²) in [7, 11) is 0. The molecule has 2 rings (SSSR count). The van der Waals surface area contributed by atoms with Crippen molar-refractivity contribution in [2.75, 3.05) is 6.61 Å². The Morgan fingerprint density at radius 3 is 2.68 bits per heavy atom. The zero-order valence-corrected chi connectivity index (χ0v) is 14.2. The van der Waals surface area contributed by atoms with E-state index >= 15 is 0 Å². The van der Waals surface area contributed by atoms with Gasteiger partial charge in [-0.2, -0.15) is 0 Å². The van der Waals surface area contributed by atoms with Crippen LogP contribution in [0.5, 0.6) is 5.75 Å². The predicted molar refractivity (Wildman–Crippen MR) is 91.7 cm³/mol. The summed E-state index contributed by atoms with van der Waals surface area (Å²) in [5, 5.41) is 0.552. The Morgan fingerprint density at radius 1 is 1.27 bits per heavy atom. The molecule has 0 unspecified atom stereocenters. The Balaban J connectivity index is 2.36. The van der Waals surface area contributed by atoms with Crippen LogP contribution in [0.15, 0.2) is 23.0 Å². The molecule has 2 aromatic rings. The second-order valence-corrected chi connectivity index (χ2v) is 5.81. The Morgan fingerprint density at radius 2 is 2.05 bits per heavy atom. The number of nitrogens with one attached hydrogen (secondary N) is 2. The number of ether oxygens (including phenoxy) is 1. The van der Waals surface area contributed by atoms with Gasteiger partial charge in [0, 0.05) is 17.7 Å². The fraction of sp³-hybridized carbons (Fsp3) is 0.375. The molecule has 0 fully saturated rings. The van der Waals surface area contributed by atoms with E-state index in [1.165, 1.54) is 0 Å². The highest BCUT2D eigenvalue weighted by Gasteiger charge is 2.10. The lowest BCUT2D eigenvalue weighted by Gasteiger charge is -2.10. The summed E-state index contributed by atoms with van der Waals surface area (Å²) in [6.45, 7) is 4.54. The summed E-state index contributed by atoms with van der Waals surface area (Å²) < 4.78 is 5.79. The standard InChI is InChI=1S/C16H19ClN2O2S/c1-3-5-13-11(15(20)19-16(22)18-13)8-10-6-7-14(21-4-2)12(17)9-10/h6-7,9H,3-5,8H2,1-2H3,(H2,18,19,20,22). The Kier molecular flexibility index (Phi) is 5.80. The van der Waals surface area contributed by atoms with E-state index in [0.29, 0.717) is 34.1 Å². The second-order valence-electron chi connectivity index (χ2n) is 4.99. The average Bonchev–Trinajstić information content (AvgIpc) is 2.46. The topological polar surface area (TPSA) is 57.9 Å². The minimum atomic E-state index is -0.141. The van der Waals surface area contributed by atoms with Gasteiger partial charge in [-0.15, -0.1) is 0 Å². The molecular weight excluding hydrogens is 320 g/mol. The third kappa shape index (κ3) is 3.99. The van der Waals surface area contributed by atoms with Crippen molar-refractivity contribution in [2.24, 2.45) is 0 Å². The maximum atomic E-state index is 12.2. The van der Waals surface area contributed by atoms with Gasteiger partial charge in [0.05, 0.1) is 11.6 Å². The number of aromatic nitrogens is 2. The molecule has 118 valence electrons. The number of rotatable bonds is 6. The van der Waals surface area contributed by atoms with Crippen LogP contribution in [0.4, 0.5) is 0 Å². The first-order chi connectivity index (χ1) is 10.5. The van der Waals surface area contributed by atoms with E-state index in [1.54, 1.807) is 0 Å². The van der Waals surface area contributed by atoms with E-state index in [4.69, 9.17) is 28.6 Å². The molecule has 0 spiro atoms. The van der Waals surface area contributed by atoms with Crippen LogP contribution in [0.3, 0.4) is 0 Å². The molecule has 0 saturated heterocycles. The molecule has 0 atom stereocenters. The van der Waals surface area contributed by atoms with Crippen molar-refractivity contribution >= 4 is 23.8 Å². The van der Waals surface area contributed by atoms with Crippen LogP contribution < -0.4 is 10.3 Å². The molecule has 4 nitrogen and oxygen atoms in total. The number of benzene rings is 1. The minimum absolute atomic E-state index is 0.141. The lowest BCUT2D eigenvalue weighted by atomic mass is 10.0. The third-order valence-corrected chi connectivity index (χ3v) is 3.81. The number of H-pyrrole nitrogens is 2. The molecule has 0 saturated carbocycles. The third-order valence-electron chi connectivity index (χ3n) is 3.31. The monoisotopic (exact) mass is 338 g/mol. The molecular formula is C16H19ClN2O2S. The van der Waals surface area contributed by atoms with Crippen LogP contribution in [0, 0.1) is 4.77 Å². The Labute approximate surface area is 139 Å². The van der Waals surface area contributed by atoms with Crippen LogP contribution in [0.2, 0.25) is 5.02 Å². The summed E-state index contributed by atoms with van der Waals surface area (Å²) in [5.74, 6) is 0.656. The van der Waals surface area contributed by atoms with Crippen molar-refractivity contribution in [1.82, 2.24) is 9.97 Å². The zero-order chi connectivity index (χ0) is 16.1. The molecule has 0 bridgehead atoms. The Bertz CT molecular complexity index is 767. The first-order valence-electron chi connectivity index (χ1n) is 7.30. The van der Waals surface area contributed by atoms with Crippen molar-refractivity contribution < 1.29 is 4.74 Å². The molecule has 1 aromatic carbocycles. The van der Waals surface area contributed by atoms with E-state index in [0.717, 1.165) is 24.1 Å². The van der Waals surface area contributed by atoms with Crippen molar-refractivity contribution in [3.63, 3.8) is 0 Å². The first kappa shape index (κ1) is 16.8. The SMILES string of the molecule is CCCc1[nH]c(=S)[nH]c(=O)c1Cc1ccc(OCC)c(Cl)c1. The maximum absolute atomic E-state index is 12.2. The summed E-state index contributed by atoms with van der Waals surface area (Å²) >= 11 is 11.2. The molecule has 1 heterocycles. The summed E-state index contributed by atoms with van der Waals surface area (Å²) in [6, 6.07) is 5.59. The fourth-order valence-corrected chi connectivity index (χ4v) is 2.81. The van der Waals surface area contributed by atoms with Gasteiger partial charge in [-0.3, -0.25) is 9.78 Å².